The van der Waals surface area contributed by atoms with Crippen LogP contribution in [0, 0.1) is 6.92 Å². The van der Waals surface area contributed by atoms with Crippen molar-refractivity contribution in [3.63, 3.8) is 0 Å². The number of benzene rings is 4. The van der Waals surface area contributed by atoms with Gasteiger partial charge in [0.2, 0.25) is 0 Å². The van der Waals surface area contributed by atoms with E-state index in [2.05, 4.69) is 0 Å². The minimum Gasteiger partial charge on any atom is -0.504 e. The first kappa shape index (κ1) is 43.0. The molecule has 52 heavy (non-hydrogen) atoms. The fraction of sp³-hybridized carbons (Fsp3) is 0.375. The summed E-state index contributed by atoms with van der Waals surface area (Å²) < 4.78 is 36.7. The van der Waals surface area contributed by atoms with Crippen molar-refractivity contribution in [2.24, 2.45) is 0 Å². The van der Waals surface area contributed by atoms with E-state index in [4.69, 9.17) is 33.2 Å². The number of aldehydes is 1. The maximum absolute atomic E-state index is 10.3. The number of carbonyl (C=O) groups is 1. The minimum atomic E-state index is -0.352. The predicted octanol–water partition coefficient (Wildman–Crippen LogP) is 7.86. The summed E-state index contributed by atoms with van der Waals surface area (Å²) in [5.74, 6) is 2.46. The van der Waals surface area contributed by atoms with Crippen molar-refractivity contribution in [2.45, 2.75) is 60.5 Å². The molecule has 1 aliphatic rings. The second-order valence-electron chi connectivity index (χ2n) is 11.1. The van der Waals surface area contributed by atoms with E-state index >= 15 is 0 Å². The van der Waals surface area contributed by atoms with Gasteiger partial charge in [-0.25, -0.2) is 0 Å². The average Bonchev–Trinajstić information content (AvgIpc) is 3.57. The molecule has 0 spiro atoms. The topological polar surface area (TPSA) is 163 Å². The Balaban J connectivity index is 0.000000243. The minimum absolute atomic E-state index is 0.0578. The molecule has 2 unspecified atom stereocenters. The lowest BCUT2D eigenvalue weighted by atomic mass is 10.2. The van der Waals surface area contributed by atoms with Crippen LogP contribution >= 0.6 is 0 Å². The molecule has 2 atom stereocenters. The van der Waals surface area contributed by atoms with Crippen molar-refractivity contribution in [3.05, 3.63) is 95.1 Å². The quantitative estimate of drug-likeness (QED) is 0.105. The van der Waals surface area contributed by atoms with Crippen molar-refractivity contribution in [3.8, 4) is 46.0 Å². The molecule has 284 valence electrons. The summed E-state index contributed by atoms with van der Waals surface area (Å²) in [7, 11) is 1.63. The fourth-order valence-corrected chi connectivity index (χ4v) is 4.49. The Morgan fingerprint density at radius 1 is 0.673 bits per heavy atom. The summed E-state index contributed by atoms with van der Waals surface area (Å²) in [4.78, 5) is 10.3. The number of hydrogen-bond acceptors (Lipinski definition) is 12. The van der Waals surface area contributed by atoms with Gasteiger partial charge in [0.1, 0.15) is 6.29 Å². The first-order valence-corrected chi connectivity index (χ1v) is 17.0. The zero-order valence-corrected chi connectivity index (χ0v) is 31.0. The highest BCUT2D eigenvalue weighted by Gasteiger charge is 2.24. The van der Waals surface area contributed by atoms with Gasteiger partial charge < -0.3 is 53.6 Å². The smallest absolute Gasteiger partial charge is 0.184 e. The van der Waals surface area contributed by atoms with Crippen LogP contribution < -0.4 is 18.9 Å². The van der Waals surface area contributed by atoms with E-state index in [0.717, 1.165) is 16.7 Å². The molecule has 0 aromatic heterocycles. The van der Waals surface area contributed by atoms with Crippen LogP contribution in [0.25, 0.3) is 0 Å². The van der Waals surface area contributed by atoms with E-state index < -0.39 is 0 Å². The molecule has 12 nitrogen and oxygen atoms in total. The number of aromatic hydroxyl groups is 4. The molecule has 4 aromatic carbocycles. The Morgan fingerprint density at radius 2 is 1.15 bits per heavy atom. The van der Waals surface area contributed by atoms with Gasteiger partial charge >= 0.3 is 0 Å². The lowest BCUT2D eigenvalue weighted by Gasteiger charge is -2.12. The zero-order valence-electron chi connectivity index (χ0n) is 31.0. The largest absolute Gasteiger partial charge is 0.504 e. The van der Waals surface area contributed by atoms with E-state index in [0.29, 0.717) is 74.5 Å². The third kappa shape index (κ3) is 14.6. The summed E-state index contributed by atoms with van der Waals surface area (Å²) in [6.07, 6.45) is 0.464. The van der Waals surface area contributed by atoms with Crippen LogP contribution in [-0.4, -0.2) is 73.0 Å². The number of phenolic OH excluding ortho intramolecular Hbond substituents is 4. The number of phenols is 4. The predicted molar refractivity (Wildman–Crippen MR) is 197 cm³/mol. The molecule has 0 saturated carbocycles. The Hall–Kier alpha value is -5.17. The molecule has 4 aromatic rings. The third-order valence-corrected chi connectivity index (χ3v) is 6.86. The van der Waals surface area contributed by atoms with Crippen LogP contribution in [0.5, 0.6) is 46.0 Å². The summed E-state index contributed by atoms with van der Waals surface area (Å²) in [6.45, 7) is 14.6. The van der Waals surface area contributed by atoms with Crippen LogP contribution in [0.4, 0.5) is 0 Å². The second kappa shape index (κ2) is 23.3. The highest BCUT2D eigenvalue weighted by Crippen LogP contribution is 2.34. The molecular weight excluding hydrogens is 672 g/mol. The van der Waals surface area contributed by atoms with Gasteiger partial charge in [0.05, 0.1) is 45.7 Å². The highest BCUT2D eigenvalue weighted by molar-refractivity contribution is 5.76. The molecule has 1 heterocycles. The number of methoxy groups -OCH3 is 1. The van der Waals surface area contributed by atoms with Gasteiger partial charge in [-0.15, -0.1) is 0 Å². The van der Waals surface area contributed by atoms with E-state index in [-0.39, 0.29) is 35.4 Å². The number of aryl methyl sites for hydroxylation is 1. The Labute approximate surface area is 306 Å². The van der Waals surface area contributed by atoms with Crippen molar-refractivity contribution in [1.29, 1.82) is 0 Å². The standard InChI is InChI=1S/C12H16O4.C10H14O3.C9H10O3.C9H12O2/c1-3-14-11-6-9(4-5-10(11)13)12-15-7-8(2)16-12;1-3-13-10-6-8(7-12-2)4-5-9(10)11;1-2-12-9-5-7(6-10)3-4-8(9)11;1-3-11-9-6-7(2)4-5-8(9)10/h4-6,8,12-13H,3,7H2,1-2H3;4-6,11H,3,7H2,1-2H3;3-6,11H,2H2,1H3;4-6,10H,3H2,1-2H3. The van der Waals surface area contributed by atoms with Crippen LogP contribution in [0.3, 0.4) is 0 Å². The van der Waals surface area contributed by atoms with E-state index in [1.54, 1.807) is 49.6 Å². The Bertz CT molecular complexity index is 1640. The molecule has 1 fully saturated rings. The highest BCUT2D eigenvalue weighted by atomic mass is 16.7. The third-order valence-electron chi connectivity index (χ3n) is 6.86. The van der Waals surface area contributed by atoms with Gasteiger partial charge in [-0.05, 0) is 107 Å². The Kier molecular flexibility index (Phi) is 19.3. The first-order valence-electron chi connectivity index (χ1n) is 17.0. The van der Waals surface area contributed by atoms with Crippen LogP contribution in [0.15, 0.2) is 72.8 Å². The van der Waals surface area contributed by atoms with Gasteiger partial charge in [0.15, 0.2) is 52.3 Å². The van der Waals surface area contributed by atoms with Gasteiger partial charge in [0, 0.05) is 18.2 Å². The average molecular weight is 725 g/mol. The molecule has 1 aliphatic heterocycles. The van der Waals surface area contributed by atoms with Crippen LogP contribution in [0.2, 0.25) is 0 Å². The number of hydrogen-bond donors (Lipinski definition) is 4. The maximum Gasteiger partial charge on any atom is 0.184 e. The number of ether oxygens (including phenoxy) is 7. The lowest BCUT2D eigenvalue weighted by molar-refractivity contribution is -0.0573. The van der Waals surface area contributed by atoms with Gasteiger partial charge in [-0.3, -0.25) is 4.79 Å². The fourth-order valence-electron chi connectivity index (χ4n) is 4.49. The summed E-state index contributed by atoms with van der Waals surface area (Å²) in [5, 5.41) is 37.4. The second-order valence-corrected chi connectivity index (χ2v) is 11.1. The summed E-state index contributed by atoms with van der Waals surface area (Å²) in [6, 6.07) is 20.1. The molecule has 0 radical (unpaired) electrons. The zero-order chi connectivity index (χ0) is 38.5. The molecule has 0 bridgehead atoms. The molecule has 12 heteroatoms. The first-order chi connectivity index (χ1) is 25.0. The molecule has 0 aliphatic carbocycles. The molecule has 4 N–H and O–H groups in total. The summed E-state index contributed by atoms with van der Waals surface area (Å²) in [5.41, 5.74) is 3.44. The van der Waals surface area contributed by atoms with Crippen molar-refractivity contribution in [2.75, 3.05) is 40.1 Å². The molecular formula is C40H52O12. The van der Waals surface area contributed by atoms with E-state index in [1.165, 1.54) is 18.2 Å². The number of rotatable bonds is 12. The molecule has 1 saturated heterocycles. The van der Waals surface area contributed by atoms with Crippen LogP contribution in [-0.2, 0) is 20.8 Å². The van der Waals surface area contributed by atoms with Crippen molar-refractivity contribution < 1.29 is 58.4 Å². The van der Waals surface area contributed by atoms with E-state index in [1.807, 2.05) is 53.7 Å². The lowest BCUT2D eigenvalue weighted by Crippen LogP contribution is -2.03. The normalized spacial score (nSPS) is 14.3. The van der Waals surface area contributed by atoms with Gasteiger partial charge in [-0.1, -0.05) is 18.2 Å². The van der Waals surface area contributed by atoms with Crippen molar-refractivity contribution in [1.82, 2.24) is 0 Å². The van der Waals surface area contributed by atoms with Crippen molar-refractivity contribution >= 4 is 6.29 Å². The summed E-state index contributed by atoms with van der Waals surface area (Å²) >= 11 is 0. The number of carbonyl (C=O) groups excluding carboxylic acids is 1. The monoisotopic (exact) mass is 724 g/mol. The molecule has 5 rings (SSSR count). The van der Waals surface area contributed by atoms with Gasteiger partial charge in [0.25, 0.3) is 0 Å². The van der Waals surface area contributed by atoms with Crippen LogP contribution in [0.1, 0.15) is 68.0 Å². The van der Waals surface area contributed by atoms with E-state index in [9.17, 15) is 25.2 Å². The Morgan fingerprint density at radius 3 is 1.65 bits per heavy atom. The molecule has 0 amide bonds. The maximum atomic E-state index is 10.3. The van der Waals surface area contributed by atoms with Gasteiger partial charge in [-0.2, -0.15) is 0 Å². The SMILES string of the molecule is CCOc1cc(C)ccc1O.CCOc1cc(C2OCC(C)O2)ccc1O.CCOc1cc(C=O)ccc1O.CCOc1cc(COC)ccc1O.